The Bertz CT molecular complexity index is 575. The minimum Gasteiger partial charge on any atom is -0.382 e. The van der Waals surface area contributed by atoms with E-state index in [1.807, 2.05) is 0 Å². The maximum absolute atomic E-state index is 11.9. The van der Waals surface area contributed by atoms with Crippen LogP contribution in [-0.2, 0) is 0 Å². The lowest BCUT2D eigenvalue weighted by Crippen LogP contribution is -2.18. The average Bonchev–Trinajstić information content (AvgIpc) is 2.82. The molecule has 17 heavy (non-hydrogen) atoms. The fourth-order valence-electron chi connectivity index (χ4n) is 1.24. The Balaban J connectivity index is 2.52. The highest BCUT2D eigenvalue weighted by Gasteiger charge is 2.17. The van der Waals surface area contributed by atoms with Crippen LogP contribution in [0.15, 0.2) is 18.7 Å². The zero-order valence-electron chi connectivity index (χ0n) is 8.66. The highest BCUT2D eigenvalue weighted by molar-refractivity contribution is 5.99. The molecule has 2 rings (SSSR count). The van der Waals surface area contributed by atoms with E-state index in [9.17, 15) is 4.79 Å². The molecule has 0 radical (unpaired) electrons. The number of imidazole rings is 1. The van der Waals surface area contributed by atoms with E-state index in [0.29, 0.717) is 0 Å². The quantitative estimate of drug-likeness (QED) is 0.597. The van der Waals surface area contributed by atoms with Crippen molar-refractivity contribution in [3.8, 4) is 0 Å². The third kappa shape index (κ3) is 1.83. The number of nitrogens with one attached hydrogen (secondary N) is 1. The molecule has 8 heteroatoms. The maximum atomic E-state index is 11.9. The normalized spacial score (nSPS) is 10.1. The second-order valence-corrected chi connectivity index (χ2v) is 3.15. The Labute approximate surface area is 95.8 Å². The number of hydrogen-bond donors (Lipinski definition) is 3. The fraction of sp³-hybridized carbons (Fsp3) is 0. The van der Waals surface area contributed by atoms with Crippen molar-refractivity contribution >= 4 is 23.8 Å². The first kappa shape index (κ1) is 10.7. The molecule has 2 heterocycles. The van der Waals surface area contributed by atoms with Gasteiger partial charge in [-0.1, -0.05) is 0 Å². The Kier molecular flexibility index (Phi) is 2.53. The van der Waals surface area contributed by atoms with Crippen LogP contribution in [0.3, 0.4) is 0 Å². The highest BCUT2D eigenvalue weighted by atomic mass is 16.2. The van der Waals surface area contributed by atoms with Gasteiger partial charge in [0, 0.05) is 18.6 Å². The van der Waals surface area contributed by atoms with Crippen molar-refractivity contribution in [3.63, 3.8) is 0 Å². The Hall–Kier alpha value is -2.77. The van der Waals surface area contributed by atoms with Gasteiger partial charge in [0.2, 0.25) is 0 Å². The molecule has 8 nitrogen and oxygen atoms in total. The van der Waals surface area contributed by atoms with Crippen molar-refractivity contribution in [1.29, 1.82) is 5.41 Å². The summed E-state index contributed by atoms with van der Waals surface area (Å²) in [6.07, 6.45) is 5.15. The topological polar surface area (TPSA) is 137 Å². The Morgan fingerprint density at radius 2 is 2.12 bits per heavy atom. The minimum atomic E-state index is -0.476. The molecule has 0 saturated carbocycles. The summed E-state index contributed by atoms with van der Waals surface area (Å²) in [6, 6.07) is 0. The maximum Gasteiger partial charge on any atom is 0.285 e. The van der Waals surface area contributed by atoms with Crippen molar-refractivity contribution < 1.29 is 4.79 Å². The van der Waals surface area contributed by atoms with Crippen molar-refractivity contribution in [1.82, 2.24) is 19.5 Å². The molecule has 0 bridgehead atoms. The largest absolute Gasteiger partial charge is 0.382 e. The summed E-state index contributed by atoms with van der Waals surface area (Å²) in [5.74, 6) is -0.540. The van der Waals surface area contributed by atoms with Crippen LogP contribution in [0.4, 0.5) is 11.6 Å². The SMILES string of the molecule is N=Cc1nc(C(=O)n2ccnc2)c(N)nc1N. The van der Waals surface area contributed by atoms with Gasteiger partial charge in [-0.3, -0.25) is 9.36 Å². The molecule has 2 aromatic heterocycles. The van der Waals surface area contributed by atoms with Crippen LogP contribution < -0.4 is 11.5 Å². The predicted molar refractivity (Wildman–Crippen MR) is 60.7 cm³/mol. The molecular weight excluding hydrogens is 222 g/mol. The van der Waals surface area contributed by atoms with Gasteiger partial charge < -0.3 is 16.9 Å². The second kappa shape index (κ2) is 4.00. The van der Waals surface area contributed by atoms with Crippen molar-refractivity contribution in [2.75, 3.05) is 11.5 Å². The number of nitrogen functional groups attached to an aromatic ring is 2. The average molecular weight is 231 g/mol. The monoisotopic (exact) mass is 231 g/mol. The molecule has 0 spiro atoms. The van der Waals surface area contributed by atoms with Gasteiger partial charge in [0.15, 0.2) is 17.3 Å². The zero-order valence-corrected chi connectivity index (χ0v) is 8.66. The van der Waals surface area contributed by atoms with E-state index in [0.717, 1.165) is 6.21 Å². The van der Waals surface area contributed by atoms with Crippen molar-refractivity contribution in [2.45, 2.75) is 0 Å². The predicted octanol–water partition coefficient (Wildman–Crippen LogP) is -0.476. The summed E-state index contributed by atoms with van der Waals surface area (Å²) in [5, 5.41) is 7.09. The van der Waals surface area contributed by atoms with Crippen LogP contribution in [0.25, 0.3) is 0 Å². The number of anilines is 2. The van der Waals surface area contributed by atoms with Crippen LogP contribution in [0.5, 0.6) is 0 Å². The molecule has 0 aliphatic rings. The third-order valence-electron chi connectivity index (χ3n) is 2.06. The van der Waals surface area contributed by atoms with E-state index in [1.54, 1.807) is 0 Å². The first-order valence-corrected chi connectivity index (χ1v) is 4.59. The summed E-state index contributed by atoms with van der Waals surface area (Å²) in [7, 11) is 0. The number of carbonyl (C=O) groups excluding carboxylic acids is 1. The Morgan fingerprint density at radius 3 is 2.71 bits per heavy atom. The number of hydrogen-bond acceptors (Lipinski definition) is 7. The number of aromatic nitrogens is 4. The van der Waals surface area contributed by atoms with E-state index in [4.69, 9.17) is 16.9 Å². The molecular formula is C9H9N7O. The van der Waals surface area contributed by atoms with Crippen LogP contribution in [0.1, 0.15) is 16.2 Å². The van der Waals surface area contributed by atoms with E-state index in [-0.39, 0.29) is 23.0 Å². The summed E-state index contributed by atoms with van der Waals surface area (Å²) in [5.41, 5.74) is 11.1. The second-order valence-electron chi connectivity index (χ2n) is 3.15. The number of nitrogens with zero attached hydrogens (tertiary/aromatic N) is 4. The van der Waals surface area contributed by atoms with E-state index in [1.165, 1.54) is 23.3 Å². The lowest BCUT2D eigenvalue weighted by Gasteiger charge is -2.06. The van der Waals surface area contributed by atoms with Gasteiger partial charge in [-0.05, 0) is 0 Å². The van der Waals surface area contributed by atoms with E-state index in [2.05, 4.69) is 15.0 Å². The van der Waals surface area contributed by atoms with Gasteiger partial charge in [0.25, 0.3) is 5.91 Å². The van der Waals surface area contributed by atoms with Crippen LogP contribution in [0.2, 0.25) is 0 Å². The lowest BCUT2D eigenvalue weighted by atomic mass is 10.3. The van der Waals surface area contributed by atoms with Gasteiger partial charge in [-0.15, -0.1) is 0 Å². The van der Waals surface area contributed by atoms with E-state index >= 15 is 0 Å². The molecule has 5 N–H and O–H groups in total. The molecule has 0 amide bonds. The number of carbonyl (C=O) groups is 1. The molecule has 0 aliphatic heterocycles. The highest BCUT2D eigenvalue weighted by Crippen LogP contribution is 2.12. The summed E-state index contributed by atoms with van der Waals surface area (Å²) in [4.78, 5) is 23.3. The molecule has 0 saturated heterocycles. The van der Waals surface area contributed by atoms with Crippen molar-refractivity contribution in [2.24, 2.45) is 0 Å². The molecule has 0 fully saturated rings. The molecule has 2 aromatic rings. The van der Waals surface area contributed by atoms with Crippen LogP contribution in [0, 0.1) is 5.41 Å². The summed E-state index contributed by atoms with van der Waals surface area (Å²) < 4.78 is 1.21. The molecule has 0 unspecified atom stereocenters. The lowest BCUT2D eigenvalue weighted by molar-refractivity contribution is 0.0955. The fourth-order valence-corrected chi connectivity index (χ4v) is 1.24. The molecule has 0 atom stereocenters. The van der Waals surface area contributed by atoms with Gasteiger partial charge in [0.1, 0.15) is 12.0 Å². The van der Waals surface area contributed by atoms with Gasteiger partial charge >= 0.3 is 0 Å². The van der Waals surface area contributed by atoms with Crippen LogP contribution >= 0.6 is 0 Å². The first-order valence-electron chi connectivity index (χ1n) is 4.59. The zero-order chi connectivity index (χ0) is 12.4. The Morgan fingerprint density at radius 1 is 1.35 bits per heavy atom. The van der Waals surface area contributed by atoms with E-state index < -0.39 is 5.91 Å². The van der Waals surface area contributed by atoms with Gasteiger partial charge in [-0.25, -0.2) is 15.0 Å². The number of rotatable bonds is 2. The smallest absolute Gasteiger partial charge is 0.285 e. The molecule has 0 aromatic carbocycles. The minimum absolute atomic E-state index is 0.0136. The van der Waals surface area contributed by atoms with Gasteiger partial charge in [-0.2, -0.15) is 0 Å². The third-order valence-corrected chi connectivity index (χ3v) is 2.06. The standard InChI is InChI=1S/C9H9N7O/c10-3-5-7(11)15-8(12)6(14-5)9(17)16-2-1-13-4-16/h1-4,10H,(H4,11,12,15). The molecule has 86 valence electrons. The first-order chi connectivity index (χ1) is 8.13. The molecule has 0 aliphatic carbocycles. The van der Waals surface area contributed by atoms with Crippen molar-refractivity contribution in [3.05, 3.63) is 30.1 Å². The van der Waals surface area contributed by atoms with Gasteiger partial charge in [0.05, 0.1) is 0 Å². The summed E-state index contributed by atoms with van der Waals surface area (Å²) >= 11 is 0. The van der Waals surface area contributed by atoms with Crippen LogP contribution in [-0.4, -0.2) is 31.6 Å². The number of nitrogens with two attached hydrogens (primary N) is 2. The summed E-state index contributed by atoms with van der Waals surface area (Å²) in [6.45, 7) is 0.